The first-order valence-corrected chi connectivity index (χ1v) is 8.85. The quantitative estimate of drug-likeness (QED) is 0.871. The SMILES string of the molecule is C[C@@H](NS(=O)(=O)c1ccccc1)C(=O)NC1CCCCC1. The minimum Gasteiger partial charge on any atom is -0.352 e. The van der Waals surface area contributed by atoms with Gasteiger partial charge in [-0.3, -0.25) is 4.79 Å². The molecule has 1 aromatic rings. The van der Waals surface area contributed by atoms with Gasteiger partial charge in [-0.05, 0) is 31.9 Å². The van der Waals surface area contributed by atoms with Crippen LogP contribution in [-0.4, -0.2) is 26.4 Å². The lowest BCUT2D eigenvalue weighted by molar-refractivity contribution is -0.123. The molecule has 1 fully saturated rings. The van der Waals surface area contributed by atoms with Gasteiger partial charge in [0.1, 0.15) is 0 Å². The molecule has 1 aliphatic carbocycles. The van der Waals surface area contributed by atoms with Gasteiger partial charge in [-0.25, -0.2) is 8.42 Å². The molecule has 1 amide bonds. The highest BCUT2D eigenvalue weighted by Crippen LogP contribution is 2.17. The summed E-state index contributed by atoms with van der Waals surface area (Å²) < 4.78 is 26.7. The molecule has 0 heterocycles. The van der Waals surface area contributed by atoms with Crippen LogP contribution in [0.4, 0.5) is 0 Å². The molecule has 6 heteroatoms. The second kappa shape index (κ2) is 7.04. The van der Waals surface area contributed by atoms with Crippen molar-refractivity contribution in [3.8, 4) is 0 Å². The standard InChI is InChI=1S/C15H22N2O3S/c1-12(15(18)16-13-8-4-2-5-9-13)17-21(19,20)14-10-6-3-7-11-14/h3,6-7,10-13,17H,2,4-5,8-9H2,1H3,(H,16,18)/t12-/m1/s1. The number of sulfonamides is 1. The van der Waals surface area contributed by atoms with E-state index in [0.717, 1.165) is 25.7 Å². The van der Waals surface area contributed by atoms with E-state index < -0.39 is 16.1 Å². The van der Waals surface area contributed by atoms with Crippen molar-refractivity contribution < 1.29 is 13.2 Å². The Hall–Kier alpha value is -1.40. The lowest BCUT2D eigenvalue weighted by Gasteiger charge is -2.24. The van der Waals surface area contributed by atoms with E-state index in [0.29, 0.717) is 0 Å². The molecule has 0 bridgehead atoms. The van der Waals surface area contributed by atoms with Gasteiger partial charge in [-0.15, -0.1) is 0 Å². The summed E-state index contributed by atoms with van der Waals surface area (Å²) in [7, 11) is -3.66. The van der Waals surface area contributed by atoms with E-state index in [-0.39, 0.29) is 16.8 Å². The van der Waals surface area contributed by atoms with E-state index >= 15 is 0 Å². The molecule has 1 aliphatic rings. The molecule has 0 aromatic heterocycles. The van der Waals surface area contributed by atoms with Gasteiger partial charge in [0.15, 0.2) is 0 Å². The van der Waals surface area contributed by atoms with Gasteiger partial charge in [0.2, 0.25) is 15.9 Å². The molecular formula is C15H22N2O3S. The molecule has 5 nitrogen and oxygen atoms in total. The Labute approximate surface area is 126 Å². The van der Waals surface area contributed by atoms with Crippen molar-refractivity contribution in [1.29, 1.82) is 0 Å². The lowest BCUT2D eigenvalue weighted by atomic mass is 9.95. The summed E-state index contributed by atoms with van der Waals surface area (Å²) >= 11 is 0. The van der Waals surface area contributed by atoms with Crippen molar-refractivity contribution in [3.05, 3.63) is 30.3 Å². The van der Waals surface area contributed by atoms with Crippen LogP contribution >= 0.6 is 0 Å². The van der Waals surface area contributed by atoms with Crippen LogP contribution in [0.25, 0.3) is 0 Å². The Bertz CT molecular complexity index is 566. The van der Waals surface area contributed by atoms with Gasteiger partial charge in [0.25, 0.3) is 0 Å². The Morgan fingerprint density at radius 2 is 1.76 bits per heavy atom. The van der Waals surface area contributed by atoms with Crippen molar-refractivity contribution in [2.24, 2.45) is 0 Å². The normalized spacial score (nSPS) is 18.1. The van der Waals surface area contributed by atoms with Crippen LogP contribution < -0.4 is 10.0 Å². The number of rotatable bonds is 5. The zero-order valence-electron chi connectivity index (χ0n) is 12.2. The van der Waals surface area contributed by atoms with Crippen LogP contribution in [0.5, 0.6) is 0 Å². The molecule has 0 aliphatic heterocycles. The predicted octanol–water partition coefficient (Wildman–Crippen LogP) is 1.80. The molecule has 0 unspecified atom stereocenters. The Kier molecular flexibility index (Phi) is 5.36. The minimum absolute atomic E-state index is 0.169. The van der Waals surface area contributed by atoms with Crippen LogP contribution in [-0.2, 0) is 14.8 Å². The summed E-state index contributed by atoms with van der Waals surface area (Å²) in [5.41, 5.74) is 0. The summed E-state index contributed by atoms with van der Waals surface area (Å²) in [5, 5.41) is 2.93. The number of nitrogens with one attached hydrogen (secondary N) is 2. The summed E-state index contributed by atoms with van der Waals surface area (Å²) in [6, 6.07) is 7.47. The smallest absolute Gasteiger partial charge is 0.241 e. The molecule has 0 radical (unpaired) electrons. The molecule has 1 aromatic carbocycles. The van der Waals surface area contributed by atoms with E-state index in [1.807, 2.05) is 0 Å². The van der Waals surface area contributed by atoms with E-state index in [2.05, 4.69) is 10.0 Å². The topological polar surface area (TPSA) is 75.3 Å². The van der Waals surface area contributed by atoms with Gasteiger partial charge < -0.3 is 5.32 Å². The van der Waals surface area contributed by atoms with Crippen LogP contribution in [0.15, 0.2) is 35.2 Å². The average Bonchev–Trinajstić information content (AvgIpc) is 2.48. The highest BCUT2D eigenvalue weighted by Gasteiger charge is 2.24. The third-order valence-electron chi connectivity index (χ3n) is 3.73. The van der Waals surface area contributed by atoms with Gasteiger partial charge in [-0.1, -0.05) is 37.5 Å². The molecule has 0 spiro atoms. The number of carbonyl (C=O) groups is 1. The summed E-state index contributed by atoms with van der Waals surface area (Å²) in [6.45, 7) is 1.57. The third kappa shape index (κ3) is 4.54. The molecule has 0 saturated heterocycles. The first-order chi connectivity index (χ1) is 9.99. The van der Waals surface area contributed by atoms with Crippen molar-refractivity contribution in [1.82, 2.24) is 10.0 Å². The van der Waals surface area contributed by atoms with Crippen LogP contribution in [0.1, 0.15) is 39.0 Å². The van der Waals surface area contributed by atoms with Gasteiger partial charge in [0.05, 0.1) is 10.9 Å². The second-order valence-corrected chi connectivity index (χ2v) is 7.21. The van der Waals surface area contributed by atoms with Gasteiger partial charge in [-0.2, -0.15) is 4.72 Å². The first-order valence-electron chi connectivity index (χ1n) is 7.37. The van der Waals surface area contributed by atoms with E-state index in [9.17, 15) is 13.2 Å². The maximum Gasteiger partial charge on any atom is 0.241 e. The number of amides is 1. The highest BCUT2D eigenvalue weighted by molar-refractivity contribution is 7.89. The zero-order chi connectivity index (χ0) is 15.3. The zero-order valence-corrected chi connectivity index (χ0v) is 13.0. The Morgan fingerprint density at radius 1 is 1.14 bits per heavy atom. The van der Waals surface area contributed by atoms with Gasteiger partial charge >= 0.3 is 0 Å². The molecule has 1 atom stereocenters. The Balaban J connectivity index is 1.93. The predicted molar refractivity (Wildman–Crippen MR) is 81.2 cm³/mol. The number of benzene rings is 1. The molecule has 116 valence electrons. The lowest BCUT2D eigenvalue weighted by Crippen LogP contribution is -2.48. The molecular weight excluding hydrogens is 288 g/mol. The van der Waals surface area contributed by atoms with Crippen molar-refractivity contribution in [3.63, 3.8) is 0 Å². The van der Waals surface area contributed by atoms with Crippen molar-refractivity contribution >= 4 is 15.9 Å². The second-order valence-electron chi connectivity index (χ2n) is 5.50. The summed E-state index contributed by atoms with van der Waals surface area (Å²) in [4.78, 5) is 12.3. The maximum atomic E-state index is 12.1. The van der Waals surface area contributed by atoms with Gasteiger partial charge in [0, 0.05) is 6.04 Å². The number of hydrogen-bond acceptors (Lipinski definition) is 3. The highest BCUT2D eigenvalue weighted by atomic mass is 32.2. The third-order valence-corrected chi connectivity index (χ3v) is 5.29. The number of hydrogen-bond donors (Lipinski definition) is 2. The van der Waals surface area contributed by atoms with Crippen molar-refractivity contribution in [2.45, 2.75) is 56.0 Å². The van der Waals surface area contributed by atoms with E-state index in [4.69, 9.17) is 0 Å². The fourth-order valence-corrected chi connectivity index (χ4v) is 3.75. The largest absolute Gasteiger partial charge is 0.352 e. The van der Waals surface area contributed by atoms with Crippen LogP contribution in [0.3, 0.4) is 0 Å². The summed E-state index contributed by atoms with van der Waals surface area (Å²) in [6.07, 6.45) is 5.40. The summed E-state index contributed by atoms with van der Waals surface area (Å²) in [5.74, 6) is -0.263. The van der Waals surface area contributed by atoms with E-state index in [1.54, 1.807) is 25.1 Å². The number of carbonyl (C=O) groups excluding carboxylic acids is 1. The van der Waals surface area contributed by atoms with Crippen LogP contribution in [0, 0.1) is 0 Å². The fraction of sp³-hybridized carbons (Fsp3) is 0.533. The first kappa shape index (κ1) is 16.0. The van der Waals surface area contributed by atoms with Crippen molar-refractivity contribution in [2.75, 3.05) is 0 Å². The minimum atomic E-state index is -3.66. The average molecular weight is 310 g/mol. The fourth-order valence-electron chi connectivity index (χ4n) is 2.53. The van der Waals surface area contributed by atoms with E-state index in [1.165, 1.54) is 18.6 Å². The monoisotopic (exact) mass is 310 g/mol. The van der Waals surface area contributed by atoms with Crippen LogP contribution in [0.2, 0.25) is 0 Å². The molecule has 1 saturated carbocycles. The molecule has 21 heavy (non-hydrogen) atoms. The Morgan fingerprint density at radius 3 is 2.38 bits per heavy atom. The molecule has 2 rings (SSSR count). The molecule has 2 N–H and O–H groups in total. The maximum absolute atomic E-state index is 12.1.